The van der Waals surface area contributed by atoms with E-state index in [0.29, 0.717) is 22.7 Å². The van der Waals surface area contributed by atoms with Crippen LogP contribution in [-0.2, 0) is 11.2 Å². The van der Waals surface area contributed by atoms with Gasteiger partial charge in [-0.25, -0.2) is 0 Å². The highest BCUT2D eigenvalue weighted by Crippen LogP contribution is 2.32. The second-order valence-electron chi connectivity index (χ2n) is 4.57. The first kappa shape index (κ1) is 13.0. The number of ether oxygens (including phenoxy) is 2. The number of hydrogen-bond acceptors (Lipinski definition) is 4. The summed E-state index contributed by atoms with van der Waals surface area (Å²) in [5.74, 6) is 1.16. The molecule has 0 spiro atoms. The van der Waals surface area contributed by atoms with Gasteiger partial charge >= 0.3 is 0 Å². The molecular weight excluding hydrogens is 268 g/mol. The predicted octanol–water partition coefficient (Wildman–Crippen LogP) is 2.47. The fourth-order valence-electron chi connectivity index (χ4n) is 2.12. The third kappa shape index (κ3) is 2.79. The number of fused-ring (bicyclic) bond motifs is 1. The van der Waals surface area contributed by atoms with Gasteiger partial charge in [-0.3, -0.25) is 4.79 Å². The van der Waals surface area contributed by atoms with Crippen molar-refractivity contribution >= 4 is 11.6 Å². The smallest absolute Gasteiger partial charge is 0.231 e. The summed E-state index contributed by atoms with van der Waals surface area (Å²) in [4.78, 5) is 12.1. The summed E-state index contributed by atoms with van der Waals surface area (Å²) in [6, 6.07) is 14.3. The van der Waals surface area contributed by atoms with E-state index in [2.05, 4.69) is 5.32 Å². The van der Waals surface area contributed by atoms with Crippen molar-refractivity contribution in [2.45, 2.75) is 6.42 Å². The monoisotopic (exact) mass is 280 g/mol. The van der Waals surface area contributed by atoms with Gasteiger partial charge in [-0.1, -0.05) is 18.2 Å². The molecule has 1 aliphatic rings. The molecule has 0 aliphatic carbocycles. The van der Waals surface area contributed by atoms with Crippen molar-refractivity contribution in [3.05, 3.63) is 53.6 Å². The van der Waals surface area contributed by atoms with Gasteiger partial charge in [0.15, 0.2) is 11.5 Å². The Kier molecular flexibility index (Phi) is 3.44. The lowest BCUT2D eigenvalue weighted by molar-refractivity contribution is -0.115. The van der Waals surface area contributed by atoms with Gasteiger partial charge in [-0.2, -0.15) is 5.26 Å². The second kappa shape index (κ2) is 5.55. The van der Waals surface area contributed by atoms with E-state index in [1.807, 2.05) is 12.1 Å². The standard InChI is InChI=1S/C16H12N2O3/c17-9-12-3-1-2-4-13(12)18-16(19)8-11-5-6-14-15(7-11)21-10-20-14/h1-7H,8,10H2,(H,18,19). The number of amides is 1. The van der Waals surface area contributed by atoms with Gasteiger partial charge < -0.3 is 14.8 Å². The van der Waals surface area contributed by atoms with E-state index in [1.165, 1.54) is 0 Å². The van der Waals surface area contributed by atoms with Crippen LogP contribution in [0.1, 0.15) is 11.1 Å². The zero-order valence-corrected chi connectivity index (χ0v) is 11.1. The Morgan fingerprint density at radius 2 is 2.00 bits per heavy atom. The summed E-state index contributed by atoms with van der Waals surface area (Å²) in [6.45, 7) is 0.209. The zero-order valence-electron chi connectivity index (χ0n) is 11.1. The minimum Gasteiger partial charge on any atom is -0.454 e. The number of nitriles is 1. The molecule has 0 atom stereocenters. The van der Waals surface area contributed by atoms with Crippen molar-refractivity contribution in [1.82, 2.24) is 0 Å². The van der Waals surface area contributed by atoms with E-state index in [4.69, 9.17) is 14.7 Å². The van der Waals surface area contributed by atoms with Gasteiger partial charge in [-0.05, 0) is 29.8 Å². The maximum atomic E-state index is 12.1. The Morgan fingerprint density at radius 3 is 2.86 bits per heavy atom. The number of carbonyl (C=O) groups excluding carboxylic acids is 1. The topological polar surface area (TPSA) is 71.4 Å². The second-order valence-corrected chi connectivity index (χ2v) is 4.57. The van der Waals surface area contributed by atoms with Crippen molar-refractivity contribution in [1.29, 1.82) is 5.26 Å². The zero-order chi connectivity index (χ0) is 14.7. The summed E-state index contributed by atoms with van der Waals surface area (Å²) in [5.41, 5.74) is 1.79. The Balaban J connectivity index is 1.71. The van der Waals surface area contributed by atoms with Crippen molar-refractivity contribution in [2.24, 2.45) is 0 Å². The van der Waals surface area contributed by atoms with E-state index < -0.39 is 0 Å². The molecule has 0 radical (unpaired) electrons. The molecule has 0 bridgehead atoms. The van der Waals surface area contributed by atoms with Crippen LogP contribution in [0.3, 0.4) is 0 Å². The first-order valence-corrected chi connectivity index (χ1v) is 6.44. The van der Waals surface area contributed by atoms with Crippen LogP contribution >= 0.6 is 0 Å². The molecule has 0 aromatic heterocycles. The Bertz CT molecular complexity index is 735. The van der Waals surface area contributed by atoms with Crippen LogP contribution in [0.5, 0.6) is 11.5 Å². The Labute approximate surface area is 121 Å². The molecule has 0 unspecified atom stereocenters. The number of carbonyl (C=O) groups is 1. The van der Waals surface area contributed by atoms with Crippen molar-refractivity contribution < 1.29 is 14.3 Å². The number of para-hydroxylation sites is 1. The molecule has 0 saturated carbocycles. The maximum Gasteiger partial charge on any atom is 0.231 e. The molecule has 104 valence electrons. The van der Waals surface area contributed by atoms with Gasteiger partial charge in [0.05, 0.1) is 17.7 Å². The number of rotatable bonds is 3. The third-order valence-electron chi connectivity index (χ3n) is 3.12. The van der Waals surface area contributed by atoms with E-state index in [0.717, 1.165) is 5.56 Å². The summed E-state index contributed by atoms with van der Waals surface area (Å²) >= 11 is 0. The molecule has 0 saturated heterocycles. The highest BCUT2D eigenvalue weighted by molar-refractivity contribution is 5.93. The van der Waals surface area contributed by atoms with Crippen LogP contribution in [0.4, 0.5) is 5.69 Å². The number of nitrogens with one attached hydrogen (secondary N) is 1. The molecule has 1 N–H and O–H groups in total. The van der Waals surface area contributed by atoms with E-state index in [1.54, 1.807) is 36.4 Å². The fourth-order valence-corrected chi connectivity index (χ4v) is 2.12. The predicted molar refractivity (Wildman–Crippen MR) is 76.1 cm³/mol. The summed E-state index contributed by atoms with van der Waals surface area (Å²) in [6.07, 6.45) is 0.205. The molecule has 5 nitrogen and oxygen atoms in total. The molecular formula is C16H12N2O3. The van der Waals surface area contributed by atoms with Crippen LogP contribution in [0.25, 0.3) is 0 Å². The molecule has 0 fully saturated rings. The first-order valence-electron chi connectivity index (χ1n) is 6.44. The maximum absolute atomic E-state index is 12.1. The minimum absolute atomic E-state index is 0.184. The number of hydrogen-bond donors (Lipinski definition) is 1. The summed E-state index contributed by atoms with van der Waals surface area (Å²) in [5, 5.41) is 11.7. The average Bonchev–Trinajstić information content (AvgIpc) is 2.95. The fraction of sp³-hybridized carbons (Fsp3) is 0.125. The minimum atomic E-state index is -0.184. The van der Waals surface area contributed by atoms with Gasteiger partial charge in [0.25, 0.3) is 0 Å². The lowest BCUT2D eigenvalue weighted by Crippen LogP contribution is -2.15. The number of anilines is 1. The molecule has 21 heavy (non-hydrogen) atoms. The first-order chi connectivity index (χ1) is 10.3. The molecule has 3 rings (SSSR count). The average molecular weight is 280 g/mol. The van der Waals surface area contributed by atoms with Crippen molar-refractivity contribution in [2.75, 3.05) is 12.1 Å². The molecule has 2 aromatic carbocycles. The van der Waals surface area contributed by atoms with E-state index in [-0.39, 0.29) is 19.1 Å². The lowest BCUT2D eigenvalue weighted by Gasteiger charge is -2.07. The van der Waals surface area contributed by atoms with Gasteiger partial charge in [0.1, 0.15) is 6.07 Å². The third-order valence-corrected chi connectivity index (χ3v) is 3.12. The van der Waals surface area contributed by atoms with Gasteiger partial charge in [0, 0.05) is 0 Å². The number of nitrogens with zero attached hydrogens (tertiary/aromatic N) is 1. The highest BCUT2D eigenvalue weighted by atomic mass is 16.7. The summed E-state index contributed by atoms with van der Waals surface area (Å²) < 4.78 is 10.5. The molecule has 1 amide bonds. The van der Waals surface area contributed by atoms with Crippen LogP contribution in [-0.4, -0.2) is 12.7 Å². The van der Waals surface area contributed by atoms with Crippen LogP contribution in [0, 0.1) is 11.3 Å². The SMILES string of the molecule is N#Cc1ccccc1NC(=O)Cc1ccc2c(c1)OCO2. The molecule has 1 aliphatic heterocycles. The highest BCUT2D eigenvalue weighted by Gasteiger charge is 2.14. The van der Waals surface area contributed by atoms with Crippen LogP contribution in [0.15, 0.2) is 42.5 Å². The normalized spacial score (nSPS) is 11.8. The largest absolute Gasteiger partial charge is 0.454 e. The Morgan fingerprint density at radius 1 is 1.19 bits per heavy atom. The van der Waals surface area contributed by atoms with Crippen LogP contribution < -0.4 is 14.8 Å². The van der Waals surface area contributed by atoms with Gasteiger partial charge in [-0.15, -0.1) is 0 Å². The van der Waals surface area contributed by atoms with Crippen molar-refractivity contribution in [3.8, 4) is 17.6 Å². The van der Waals surface area contributed by atoms with Crippen molar-refractivity contribution in [3.63, 3.8) is 0 Å². The van der Waals surface area contributed by atoms with E-state index >= 15 is 0 Å². The van der Waals surface area contributed by atoms with E-state index in [9.17, 15) is 4.79 Å². The summed E-state index contributed by atoms with van der Waals surface area (Å²) in [7, 11) is 0. The van der Waals surface area contributed by atoms with Crippen LogP contribution in [0.2, 0.25) is 0 Å². The lowest BCUT2D eigenvalue weighted by atomic mass is 10.1. The molecule has 1 heterocycles. The van der Waals surface area contributed by atoms with Gasteiger partial charge in [0.2, 0.25) is 12.7 Å². The Hall–Kier alpha value is -3.00. The molecule has 5 heteroatoms. The molecule has 2 aromatic rings. The number of benzene rings is 2. The quantitative estimate of drug-likeness (QED) is 0.937.